The molecule has 0 atom stereocenters. The number of alkyl halides is 3. The van der Waals surface area contributed by atoms with Crippen LogP contribution in [0.2, 0.25) is 15.1 Å². The van der Waals surface area contributed by atoms with E-state index in [4.69, 9.17) is 46.4 Å². The van der Waals surface area contributed by atoms with Crippen LogP contribution in [0.4, 0.5) is 8.78 Å². The van der Waals surface area contributed by atoms with Crippen molar-refractivity contribution in [2.75, 3.05) is 0 Å². The van der Waals surface area contributed by atoms with Gasteiger partial charge in [-0.05, 0) is 6.07 Å². The van der Waals surface area contributed by atoms with Crippen LogP contribution < -0.4 is 4.74 Å². The number of halogens is 6. The van der Waals surface area contributed by atoms with Gasteiger partial charge in [0.2, 0.25) is 0 Å². The Labute approximate surface area is 105 Å². The van der Waals surface area contributed by atoms with E-state index in [0.717, 1.165) is 0 Å². The van der Waals surface area contributed by atoms with Crippen LogP contribution in [0.3, 0.4) is 0 Å². The van der Waals surface area contributed by atoms with Crippen molar-refractivity contribution in [3.05, 3.63) is 26.7 Å². The highest BCUT2D eigenvalue weighted by molar-refractivity contribution is 6.44. The van der Waals surface area contributed by atoms with E-state index in [1.54, 1.807) is 0 Å². The molecule has 1 rings (SSSR count). The first kappa shape index (κ1) is 13.1. The fraction of sp³-hybridized carbons (Fsp3) is 0.250. The average Bonchev–Trinajstić information content (AvgIpc) is 2.14. The van der Waals surface area contributed by atoms with Crippen LogP contribution in [0, 0.1) is 0 Å². The van der Waals surface area contributed by atoms with Crippen LogP contribution in [-0.4, -0.2) is 6.61 Å². The van der Waals surface area contributed by atoms with Gasteiger partial charge in [0.1, 0.15) is 0 Å². The van der Waals surface area contributed by atoms with Crippen molar-refractivity contribution in [1.82, 2.24) is 0 Å². The second-order valence-electron chi connectivity index (χ2n) is 2.47. The number of benzene rings is 1. The van der Waals surface area contributed by atoms with E-state index in [1.165, 1.54) is 6.07 Å². The second-order valence-corrected chi connectivity index (χ2v) is 3.93. The fourth-order valence-electron chi connectivity index (χ4n) is 0.964. The van der Waals surface area contributed by atoms with Gasteiger partial charge in [-0.25, -0.2) is 0 Å². The van der Waals surface area contributed by atoms with Gasteiger partial charge in [-0.3, -0.25) is 0 Å². The van der Waals surface area contributed by atoms with Gasteiger partial charge in [-0.15, -0.1) is 11.6 Å². The lowest BCUT2D eigenvalue weighted by Gasteiger charge is -2.13. The lowest BCUT2D eigenvalue weighted by atomic mass is 10.2. The van der Waals surface area contributed by atoms with Gasteiger partial charge in [0.15, 0.2) is 5.75 Å². The lowest BCUT2D eigenvalue weighted by molar-refractivity contribution is -0.0502. The van der Waals surface area contributed by atoms with E-state index in [0.29, 0.717) is 0 Å². The molecule has 1 nitrogen and oxygen atoms in total. The zero-order valence-corrected chi connectivity index (χ0v) is 10.1. The molecular formula is C8H4Cl4F2O. The molecule has 0 saturated heterocycles. The molecule has 0 aliphatic carbocycles. The van der Waals surface area contributed by atoms with E-state index < -0.39 is 6.61 Å². The zero-order valence-electron chi connectivity index (χ0n) is 7.04. The van der Waals surface area contributed by atoms with Gasteiger partial charge in [-0.2, -0.15) is 8.78 Å². The molecule has 1 aromatic rings. The minimum Gasteiger partial charge on any atom is -0.433 e. The summed E-state index contributed by atoms with van der Waals surface area (Å²) in [7, 11) is 0. The summed E-state index contributed by atoms with van der Waals surface area (Å²) < 4.78 is 28.3. The molecule has 15 heavy (non-hydrogen) atoms. The Kier molecular flexibility index (Phi) is 4.71. The molecule has 0 aliphatic heterocycles. The minimum absolute atomic E-state index is 0.0552. The van der Waals surface area contributed by atoms with Crippen LogP contribution >= 0.6 is 46.4 Å². The average molecular weight is 296 g/mol. The first-order valence-electron chi connectivity index (χ1n) is 3.64. The predicted molar refractivity (Wildman–Crippen MR) is 57.7 cm³/mol. The third kappa shape index (κ3) is 3.00. The molecule has 0 aromatic heterocycles. The molecule has 0 N–H and O–H groups in total. The van der Waals surface area contributed by atoms with Crippen LogP contribution in [0.15, 0.2) is 6.07 Å². The number of hydrogen-bond acceptors (Lipinski definition) is 1. The molecule has 0 spiro atoms. The summed E-state index contributed by atoms with van der Waals surface area (Å²) in [4.78, 5) is 0. The molecule has 0 unspecified atom stereocenters. The van der Waals surface area contributed by atoms with E-state index in [-0.39, 0.29) is 32.3 Å². The van der Waals surface area contributed by atoms with Crippen molar-refractivity contribution in [3.63, 3.8) is 0 Å². The van der Waals surface area contributed by atoms with Crippen molar-refractivity contribution in [1.29, 1.82) is 0 Å². The first-order chi connectivity index (χ1) is 6.97. The maximum atomic E-state index is 12.0. The maximum absolute atomic E-state index is 12.0. The lowest BCUT2D eigenvalue weighted by Crippen LogP contribution is -2.05. The largest absolute Gasteiger partial charge is 0.433 e. The van der Waals surface area contributed by atoms with E-state index in [1.807, 2.05) is 0 Å². The monoisotopic (exact) mass is 294 g/mol. The first-order valence-corrected chi connectivity index (χ1v) is 5.31. The second kappa shape index (κ2) is 5.39. The normalized spacial score (nSPS) is 10.9. The summed E-state index contributed by atoms with van der Waals surface area (Å²) in [5.74, 6) is -0.364. The van der Waals surface area contributed by atoms with Crippen molar-refractivity contribution < 1.29 is 13.5 Å². The van der Waals surface area contributed by atoms with Crippen molar-refractivity contribution >= 4 is 46.4 Å². The zero-order chi connectivity index (χ0) is 11.6. The molecule has 0 fully saturated rings. The Morgan fingerprint density at radius 3 is 2.27 bits per heavy atom. The molecule has 7 heteroatoms. The molecular weight excluding hydrogens is 292 g/mol. The number of ether oxygens (including phenoxy) is 1. The van der Waals surface area contributed by atoms with Gasteiger partial charge in [0.25, 0.3) is 0 Å². The van der Waals surface area contributed by atoms with Crippen LogP contribution in [-0.2, 0) is 5.88 Å². The Bertz CT molecular complexity index is 370. The van der Waals surface area contributed by atoms with Crippen molar-refractivity contribution in [2.24, 2.45) is 0 Å². The summed E-state index contributed by atoms with van der Waals surface area (Å²) >= 11 is 22.6. The van der Waals surface area contributed by atoms with Crippen molar-refractivity contribution in [2.45, 2.75) is 12.5 Å². The van der Waals surface area contributed by atoms with Crippen LogP contribution in [0.25, 0.3) is 0 Å². The van der Waals surface area contributed by atoms with Gasteiger partial charge in [0, 0.05) is 5.56 Å². The summed E-state index contributed by atoms with van der Waals surface area (Å²) in [5, 5.41) is 0.144. The topological polar surface area (TPSA) is 9.23 Å². The number of rotatable bonds is 3. The fourth-order valence-corrected chi connectivity index (χ4v) is 2.04. The molecule has 84 valence electrons. The summed E-state index contributed by atoms with van der Waals surface area (Å²) in [6.07, 6.45) is 0. The molecule has 0 saturated carbocycles. The predicted octanol–water partition coefficient (Wildman–Crippen LogP) is 4.99. The van der Waals surface area contributed by atoms with Gasteiger partial charge in [0.05, 0.1) is 20.9 Å². The van der Waals surface area contributed by atoms with Gasteiger partial charge < -0.3 is 4.74 Å². The minimum atomic E-state index is -3.00. The summed E-state index contributed by atoms with van der Waals surface area (Å²) in [6.45, 7) is -3.00. The molecule has 0 aliphatic rings. The summed E-state index contributed by atoms with van der Waals surface area (Å²) in [5.41, 5.74) is 0.149. The standard InChI is InChI=1S/C8H4Cl4F2O/c9-2-3-6(12)4(10)1-5(11)7(3)15-8(13)14/h1,8H,2H2. The molecule has 0 radical (unpaired) electrons. The van der Waals surface area contributed by atoms with Gasteiger partial charge >= 0.3 is 6.61 Å². The third-order valence-electron chi connectivity index (χ3n) is 1.56. The van der Waals surface area contributed by atoms with E-state index in [2.05, 4.69) is 4.74 Å². The summed E-state index contributed by atoms with van der Waals surface area (Å²) in [6, 6.07) is 1.22. The maximum Gasteiger partial charge on any atom is 0.387 e. The Balaban J connectivity index is 3.29. The molecule has 0 amide bonds. The van der Waals surface area contributed by atoms with Gasteiger partial charge in [-0.1, -0.05) is 34.8 Å². The quantitative estimate of drug-likeness (QED) is 0.564. The SMILES string of the molecule is FC(F)Oc1c(Cl)cc(Cl)c(Cl)c1CCl. The molecule has 0 bridgehead atoms. The highest BCUT2D eigenvalue weighted by atomic mass is 35.5. The van der Waals surface area contributed by atoms with E-state index >= 15 is 0 Å². The Morgan fingerprint density at radius 2 is 1.80 bits per heavy atom. The van der Waals surface area contributed by atoms with Crippen LogP contribution in [0.1, 0.15) is 5.56 Å². The van der Waals surface area contributed by atoms with Crippen LogP contribution in [0.5, 0.6) is 5.75 Å². The van der Waals surface area contributed by atoms with Crippen molar-refractivity contribution in [3.8, 4) is 5.75 Å². The Hall–Kier alpha value is 0.0400. The highest BCUT2D eigenvalue weighted by Crippen LogP contribution is 2.40. The molecule has 1 aromatic carbocycles. The smallest absolute Gasteiger partial charge is 0.387 e. The number of hydrogen-bond donors (Lipinski definition) is 0. The molecule has 0 heterocycles. The Morgan fingerprint density at radius 1 is 1.20 bits per heavy atom. The van der Waals surface area contributed by atoms with E-state index in [9.17, 15) is 8.78 Å². The third-order valence-corrected chi connectivity index (χ3v) is 2.93. The highest BCUT2D eigenvalue weighted by Gasteiger charge is 2.18.